The van der Waals surface area contributed by atoms with Crippen molar-refractivity contribution in [2.24, 2.45) is 0 Å². The summed E-state index contributed by atoms with van der Waals surface area (Å²) in [4.78, 5) is 5.55. The maximum absolute atomic E-state index is 13.6. The summed E-state index contributed by atoms with van der Waals surface area (Å²) in [5.41, 5.74) is 0.156. The number of rotatable bonds is 2. The Morgan fingerprint density at radius 3 is 2.52 bits per heavy atom. The van der Waals surface area contributed by atoms with Crippen LogP contribution in [0, 0.1) is 0 Å². The molecule has 3 aliphatic rings. The van der Waals surface area contributed by atoms with Crippen LogP contribution in [-0.2, 0) is 18.1 Å². The van der Waals surface area contributed by atoms with Gasteiger partial charge in [0.05, 0.1) is 17.8 Å². The number of para-hydroxylation sites is 1. The third-order valence-electron chi connectivity index (χ3n) is 6.53. The van der Waals surface area contributed by atoms with E-state index in [1.54, 1.807) is 23.1 Å². The molecule has 0 aliphatic carbocycles. The molecule has 1 aromatic heterocycles. The first-order valence-electron chi connectivity index (χ1n) is 10.5. The van der Waals surface area contributed by atoms with E-state index < -0.39 is 23.4 Å². The number of benzene rings is 2. The van der Waals surface area contributed by atoms with Crippen LogP contribution in [-0.4, -0.2) is 36.1 Å². The molecule has 33 heavy (non-hydrogen) atoms. The number of hydrogen-bond acceptors (Lipinski definition) is 6. The van der Waals surface area contributed by atoms with Crippen molar-refractivity contribution in [3.05, 3.63) is 77.1 Å². The lowest BCUT2D eigenvalue weighted by Crippen LogP contribution is -2.46. The Kier molecular flexibility index (Phi) is 4.29. The molecule has 2 aromatic carbocycles. The largest absolute Gasteiger partial charge is 0.492 e. The van der Waals surface area contributed by atoms with Crippen LogP contribution in [0.3, 0.4) is 0 Å². The molecule has 170 valence electrons. The molecule has 0 saturated carbocycles. The second-order valence-electron chi connectivity index (χ2n) is 8.27. The van der Waals surface area contributed by atoms with Crippen molar-refractivity contribution in [3.63, 3.8) is 0 Å². The van der Waals surface area contributed by atoms with Crippen molar-refractivity contribution >= 4 is 5.69 Å². The molecule has 3 aliphatic heterocycles. The molecule has 2 atom stereocenters. The fraction of sp³-hybridized carbons (Fsp3) is 0.292. The highest BCUT2D eigenvalue weighted by Gasteiger charge is 2.57. The van der Waals surface area contributed by atoms with Gasteiger partial charge < -0.3 is 24.2 Å². The van der Waals surface area contributed by atoms with E-state index in [9.17, 15) is 18.3 Å². The molecule has 0 radical (unpaired) electrons. The number of hydrogen-bond donors (Lipinski definition) is 1. The summed E-state index contributed by atoms with van der Waals surface area (Å²) in [6.07, 6.45) is -4.40. The van der Waals surface area contributed by atoms with Gasteiger partial charge in [-0.05, 0) is 29.8 Å². The Labute approximate surface area is 187 Å². The molecule has 6 nitrogen and oxygen atoms in total. The first-order valence-corrected chi connectivity index (χ1v) is 10.5. The Morgan fingerprint density at radius 2 is 1.73 bits per heavy atom. The van der Waals surface area contributed by atoms with E-state index in [2.05, 4.69) is 4.98 Å². The average molecular weight is 456 g/mol. The van der Waals surface area contributed by atoms with E-state index >= 15 is 0 Å². The summed E-state index contributed by atoms with van der Waals surface area (Å²) < 4.78 is 58.2. The number of nitrogens with zero attached hydrogens (tertiary/aromatic N) is 2. The summed E-state index contributed by atoms with van der Waals surface area (Å²) in [5, 5.41) is 11.6. The van der Waals surface area contributed by atoms with Crippen molar-refractivity contribution in [2.75, 3.05) is 24.7 Å². The molecule has 9 heteroatoms. The van der Waals surface area contributed by atoms with Crippen LogP contribution >= 0.6 is 0 Å². The van der Waals surface area contributed by atoms with Gasteiger partial charge in [-0.1, -0.05) is 18.2 Å². The second kappa shape index (κ2) is 7.02. The first-order chi connectivity index (χ1) is 15.9. The van der Waals surface area contributed by atoms with Crippen molar-refractivity contribution in [2.45, 2.75) is 24.4 Å². The summed E-state index contributed by atoms with van der Waals surface area (Å²) in [6.45, 7) is 0.760. The number of alkyl halides is 3. The van der Waals surface area contributed by atoms with E-state index in [0.29, 0.717) is 41.7 Å². The molecular weight excluding hydrogens is 437 g/mol. The normalized spacial score (nSPS) is 22.8. The highest BCUT2D eigenvalue weighted by atomic mass is 19.4. The predicted octanol–water partition coefficient (Wildman–Crippen LogP) is 3.89. The van der Waals surface area contributed by atoms with Gasteiger partial charge in [-0.2, -0.15) is 13.2 Å². The van der Waals surface area contributed by atoms with Crippen LogP contribution in [0.4, 0.5) is 18.9 Å². The topological polar surface area (TPSA) is 64.1 Å². The fourth-order valence-electron chi connectivity index (χ4n) is 5.04. The number of pyridine rings is 1. The molecule has 0 saturated heterocycles. The Balaban J connectivity index is 1.47. The highest BCUT2D eigenvalue weighted by Crippen LogP contribution is 2.56. The fourth-order valence-corrected chi connectivity index (χ4v) is 5.04. The van der Waals surface area contributed by atoms with Crippen molar-refractivity contribution < 1.29 is 32.5 Å². The lowest BCUT2D eigenvalue weighted by molar-refractivity contribution is -0.138. The lowest BCUT2D eigenvalue weighted by Gasteiger charge is -2.32. The van der Waals surface area contributed by atoms with Gasteiger partial charge in [-0.15, -0.1) is 0 Å². The van der Waals surface area contributed by atoms with E-state index in [-0.39, 0.29) is 18.8 Å². The van der Waals surface area contributed by atoms with Crippen LogP contribution in [0.2, 0.25) is 0 Å². The van der Waals surface area contributed by atoms with E-state index in [0.717, 1.165) is 11.6 Å². The Hall–Kier alpha value is -3.46. The average Bonchev–Trinajstić information content (AvgIpc) is 3.29. The minimum atomic E-state index is -4.55. The number of ether oxygens (including phenoxy) is 3. The van der Waals surface area contributed by atoms with Gasteiger partial charge in [0.1, 0.15) is 37.2 Å². The van der Waals surface area contributed by atoms with E-state index in [1.165, 1.54) is 12.3 Å². The number of aliphatic hydroxyl groups excluding tert-OH is 1. The third-order valence-corrected chi connectivity index (χ3v) is 6.53. The summed E-state index contributed by atoms with van der Waals surface area (Å²) >= 11 is 0. The minimum Gasteiger partial charge on any atom is -0.492 e. The highest BCUT2D eigenvalue weighted by molar-refractivity contribution is 5.71. The molecule has 0 amide bonds. The van der Waals surface area contributed by atoms with Gasteiger partial charge >= 0.3 is 6.18 Å². The standard InChI is InChI=1S/C24H19F3N2O4/c25-24(26,27)14-5-3-7-28-17(14)12-29-18-6-2-1-4-15(18)23(22(29)30)13-33-19-11-21-20(10-16(19)23)31-8-9-32-21/h1-7,10-11,22,30H,8-9,12-13H2/t22?,23-/m0/s1. The van der Waals surface area contributed by atoms with Crippen LogP contribution < -0.4 is 19.1 Å². The summed E-state index contributed by atoms with van der Waals surface area (Å²) in [6, 6.07) is 13.1. The number of aliphatic hydroxyl groups is 1. The minimum absolute atomic E-state index is 0.133. The number of halogens is 3. The van der Waals surface area contributed by atoms with Gasteiger partial charge in [0, 0.05) is 23.5 Å². The number of anilines is 1. The maximum atomic E-state index is 13.6. The Bertz CT molecular complexity index is 1250. The maximum Gasteiger partial charge on any atom is 0.418 e. The predicted molar refractivity (Wildman–Crippen MR) is 112 cm³/mol. The zero-order chi connectivity index (χ0) is 22.8. The number of fused-ring (bicyclic) bond motifs is 5. The van der Waals surface area contributed by atoms with Gasteiger partial charge in [0.25, 0.3) is 0 Å². The lowest BCUT2D eigenvalue weighted by atomic mass is 9.76. The number of aromatic nitrogens is 1. The molecule has 0 bridgehead atoms. The molecule has 6 rings (SSSR count). The summed E-state index contributed by atoms with van der Waals surface area (Å²) in [5.74, 6) is 1.68. The van der Waals surface area contributed by atoms with Gasteiger partial charge in [0.2, 0.25) is 0 Å². The molecule has 1 spiro atoms. The van der Waals surface area contributed by atoms with Gasteiger partial charge in [-0.25, -0.2) is 0 Å². The van der Waals surface area contributed by atoms with Crippen LogP contribution in [0.25, 0.3) is 0 Å². The van der Waals surface area contributed by atoms with Crippen molar-refractivity contribution in [1.82, 2.24) is 4.98 Å². The smallest absolute Gasteiger partial charge is 0.418 e. The molecule has 1 N–H and O–H groups in total. The van der Waals surface area contributed by atoms with Crippen molar-refractivity contribution in [3.8, 4) is 17.2 Å². The van der Waals surface area contributed by atoms with Crippen molar-refractivity contribution in [1.29, 1.82) is 0 Å². The van der Waals surface area contributed by atoms with Gasteiger partial charge in [-0.3, -0.25) is 4.98 Å². The zero-order valence-corrected chi connectivity index (χ0v) is 17.3. The van der Waals surface area contributed by atoms with Crippen LogP contribution in [0.15, 0.2) is 54.7 Å². The zero-order valence-electron chi connectivity index (χ0n) is 17.3. The second-order valence-corrected chi connectivity index (χ2v) is 8.27. The quantitative estimate of drug-likeness (QED) is 0.632. The molecule has 0 fully saturated rings. The summed E-state index contributed by atoms with van der Waals surface area (Å²) in [7, 11) is 0. The van der Waals surface area contributed by atoms with E-state index in [4.69, 9.17) is 14.2 Å². The molecule has 1 unspecified atom stereocenters. The molecular formula is C24H19F3N2O4. The molecule has 4 heterocycles. The van der Waals surface area contributed by atoms with Crippen LogP contribution in [0.1, 0.15) is 22.4 Å². The van der Waals surface area contributed by atoms with Gasteiger partial charge in [0.15, 0.2) is 11.5 Å². The van der Waals surface area contributed by atoms with Crippen LogP contribution in [0.5, 0.6) is 17.2 Å². The Morgan fingerprint density at radius 1 is 0.970 bits per heavy atom. The monoisotopic (exact) mass is 456 g/mol. The first kappa shape index (κ1) is 20.2. The molecule has 3 aromatic rings. The van der Waals surface area contributed by atoms with E-state index in [1.807, 2.05) is 18.2 Å². The SMILES string of the molecule is OC1N(Cc2ncccc2C(F)(F)F)c2ccccc2[C@]12COc1cc3c(cc12)OCCO3. The third kappa shape index (κ3) is 2.88.